The third-order valence-electron chi connectivity index (χ3n) is 13.4. The number of hydrogen-bond acceptors (Lipinski definition) is 9. The second-order valence-electron chi connectivity index (χ2n) is 19.6. The highest BCUT2D eigenvalue weighted by Gasteiger charge is 2.45. The zero-order valence-corrected chi connectivity index (χ0v) is 40.4. The van der Waals surface area contributed by atoms with Crippen LogP contribution in [0.25, 0.3) is 22.4 Å². The van der Waals surface area contributed by atoms with E-state index in [1.54, 1.807) is 16.0 Å². The summed E-state index contributed by atoms with van der Waals surface area (Å²) in [6.45, 7) is 14.1. The highest BCUT2D eigenvalue weighted by molar-refractivity contribution is 5.88. The molecule has 2 fully saturated rings. The monoisotopic (exact) mass is 921 g/mol. The second-order valence-corrected chi connectivity index (χ2v) is 19.6. The Kier molecular flexibility index (Phi) is 15.0. The third-order valence-corrected chi connectivity index (χ3v) is 13.4. The summed E-state index contributed by atoms with van der Waals surface area (Å²) in [7, 11) is 2.58. The van der Waals surface area contributed by atoms with Crippen LogP contribution in [0.15, 0.2) is 60.8 Å². The van der Waals surface area contributed by atoms with Crippen molar-refractivity contribution in [1.82, 2.24) is 40.3 Å². The van der Waals surface area contributed by atoms with Gasteiger partial charge in [0.15, 0.2) is 0 Å². The van der Waals surface area contributed by atoms with Crippen molar-refractivity contribution in [2.75, 3.05) is 34.0 Å². The van der Waals surface area contributed by atoms with E-state index in [9.17, 15) is 24.0 Å². The maximum absolute atomic E-state index is 14.5. The molecule has 4 N–H and O–H groups in total. The number of imidazole rings is 1. The number of H-pyrrole nitrogens is 2. The summed E-state index contributed by atoms with van der Waals surface area (Å²) in [6, 6.07) is 8.27. The van der Waals surface area contributed by atoms with Gasteiger partial charge in [0, 0.05) is 17.9 Å². The molecule has 3 aromatic rings. The molecular formula is C51H68N8O8. The SMILES string of the molecule is CCc1cc(-c2ccc(C3=CC=C(c4cnc([C@@H]5CN(C(=O)OC(C)(C)C)CN5C(=O)[C@@H](NC(=O)OC)C5CCCCC5)[nH]4)CC3C)cc2)[nH]c1[C@@H]1C=CCN1C(=O)[C@@H](NC(=O)OC)C(C)C. The summed E-state index contributed by atoms with van der Waals surface area (Å²) in [5, 5.41) is 5.55. The summed E-state index contributed by atoms with van der Waals surface area (Å²) in [6.07, 6.45) is 14.4. The van der Waals surface area contributed by atoms with Crippen LogP contribution in [0.5, 0.6) is 0 Å². The van der Waals surface area contributed by atoms with Crippen LogP contribution in [0.3, 0.4) is 0 Å². The molecular weight excluding hydrogens is 853 g/mol. The first-order valence-corrected chi connectivity index (χ1v) is 23.7. The predicted molar refractivity (Wildman–Crippen MR) is 255 cm³/mol. The fraction of sp³-hybridized carbons (Fsp3) is 0.529. The van der Waals surface area contributed by atoms with Crippen LogP contribution in [-0.2, 0) is 30.2 Å². The van der Waals surface area contributed by atoms with Crippen molar-refractivity contribution in [2.45, 2.75) is 123 Å². The normalized spacial score (nSPS) is 20.9. The van der Waals surface area contributed by atoms with Crippen LogP contribution in [0.1, 0.15) is 127 Å². The molecule has 2 aromatic heterocycles. The second kappa shape index (κ2) is 20.7. The lowest BCUT2D eigenvalue weighted by Gasteiger charge is -2.33. The van der Waals surface area contributed by atoms with E-state index in [4.69, 9.17) is 19.2 Å². The number of hydrogen-bond donors (Lipinski definition) is 4. The molecule has 2 aliphatic carbocycles. The van der Waals surface area contributed by atoms with Gasteiger partial charge in [-0.2, -0.15) is 0 Å². The average Bonchev–Trinajstić information content (AvgIpc) is 4.15. The standard InChI is InChI=1S/C51H68N8O8/c1-10-32-26-38(53-43(32)40-17-14-24-58(40)46(60)42(30(2)3)55-48(62)65-8)34-20-18-33(19-21-34)37-23-22-36(25-31(37)4)39-27-52-45(54-39)41-28-57(50(64)67-51(5,6)7)29-59(41)47(61)44(56-49(63)66-9)35-15-12-11-13-16-35/h14,17-23,26-27,30-31,35,40-42,44,53H,10-13,15-16,24-25,28-29H2,1-9H3,(H,52,54)(H,55,62)(H,56,63)/t31?,40-,41-,42-,44-/m0/s1. The van der Waals surface area contributed by atoms with Crippen LogP contribution in [-0.4, -0.2) is 111 Å². The van der Waals surface area contributed by atoms with E-state index in [1.165, 1.54) is 24.7 Å². The van der Waals surface area contributed by atoms with Crippen molar-refractivity contribution in [3.63, 3.8) is 0 Å². The Morgan fingerprint density at radius 3 is 2.21 bits per heavy atom. The van der Waals surface area contributed by atoms with E-state index in [-0.39, 0.29) is 48.8 Å². The lowest BCUT2D eigenvalue weighted by molar-refractivity contribution is -0.136. The molecule has 4 aliphatic rings. The molecule has 1 saturated carbocycles. The first kappa shape index (κ1) is 48.6. The number of carbonyl (C=O) groups excluding carboxylic acids is 5. The topological polar surface area (TPSA) is 191 Å². The van der Waals surface area contributed by atoms with Gasteiger partial charge in [-0.15, -0.1) is 0 Å². The van der Waals surface area contributed by atoms with E-state index in [2.05, 4.69) is 76.9 Å². The highest BCUT2D eigenvalue weighted by Crippen LogP contribution is 2.39. The average molecular weight is 921 g/mol. The molecule has 360 valence electrons. The number of nitrogens with zero attached hydrogens (tertiary/aromatic N) is 4. The molecule has 16 heteroatoms. The summed E-state index contributed by atoms with van der Waals surface area (Å²) >= 11 is 0. The number of allylic oxidation sites excluding steroid dienone is 4. The van der Waals surface area contributed by atoms with Crippen molar-refractivity contribution < 1.29 is 38.2 Å². The van der Waals surface area contributed by atoms with Gasteiger partial charge in [-0.3, -0.25) is 14.5 Å². The van der Waals surface area contributed by atoms with Crippen LogP contribution >= 0.6 is 0 Å². The van der Waals surface area contributed by atoms with E-state index >= 15 is 0 Å². The number of rotatable bonds is 12. The van der Waals surface area contributed by atoms with Crippen LogP contribution in [0.4, 0.5) is 14.4 Å². The largest absolute Gasteiger partial charge is 0.453 e. The van der Waals surface area contributed by atoms with Crippen molar-refractivity contribution in [3.05, 3.63) is 89.2 Å². The Morgan fingerprint density at radius 1 is 0.881 bits per heavy atom. The number of methoxy groups -OCH3 is 2. The molecule has 2 aliphatic heterocycles. The number of nitrogens with one attached hydrogen (secondary N) is 4. The minimum Gasteiger partial charge on any atom is -0.453 e. The minimum absolute atomic E-state index is 0.0100. The van der Waals surface area contributed by atoms with E-state index in [0.29, 0.717) is 12.4 Å². The number of benzene rings is 1. The van der Waals surface area contributed by atoms with E-state index < -0.39 is 42.0 Å². The van der Waals surface area contributed by atoms with Gasteiger partial charge in [-0.1, -0.05) is 95.5 Å². The van der Waals surface area contributed by atoms with E-state index in [1.807, 2.05) is 46.8 Å². The Labute approximate surface area is 393 Å². The van der Waals surface area contributed by atoms with E-state index in [0.717, 1.165) is 84.3 Å². The maximum atomic E-state index is 14.5. The molecule has 7 rings (SSSR count). The fourth-order valence-corrected chi connectivity index (χ4v) is 9.83. The van der Waals surface area contributed by atoms with Gasteiger partial charge >= 0.3 is 18.3 Å². The number of aromatic nitrogens is 3. The first-order chi connectivity index (χ1) is 32.0. The Hall–Kier alpha value is -6.32. The summed E-state index contributed by atoms with van der Waals surface area (Å²) in [4.78, 5) is 83.3. The lowest BCUT2D eigenvalue weighted by Crippen LogP contribution is -2.53. The molecule has 5 atom stereocenters. The number of amides is 5. The van der Waals surface area contributed by atoms with Gasteiger partial charge in [0.2, 0.25) is 11.8 Å². The molecule has 0 spiro atoms. The van der Waals surface area contributed by atoms with Gasteiger partial charge in [0.1, 0.15) is 29.6 Å². The number of carbonyl (C=O) groups is 5. The van der Waals surface area contributed by atoms with Gasteiger partial charge in [0.25, 0.3) is 0 Å². The fourth-order valence-electron chi connectivity index (χ4n) is 9.83. The zero-order chi connectivity index (χ0) is 48.2. The molecule has 1 saturated heterocycles. The summed E-state index contributed by atoms with van der Waals surface area (Å²) in [5.41, 5.74) is 7.55. The molecule has 16 nitrogen and oxygen atoms in total. The Morgan fingerprint density at radius 2 is 1.57 bits per heavy atom. The summed E-state index contributed by atoms with van der Waals surface area (Å²) < 4.78 is 15.5. The first-order valence-electron chi connectivity index (χ1n) is 23.7. The number of alkyl carbamates (subject to hydrolysis) is 2. The van der Waals surface area contributed by atoms with Crippen molar-refractivity contribution in [3.8, 4) is 11.3 Å². The Bertz CT molecular complexity index is 2380. The smallest absolute Gasteiger partial charge is 0.411 e. The molecule has 5 amide bonds. The molecule has 0 radical (unpaired) electrons. The number of ether oxygens (including phenoxy) is 3. The Balaban J connectivity index is 1.09. The van der Waals surface area contributed by atoms with Gasteiger partial charge in [0.05, 0.1) is 45.4 Å². The quantitative estimate of drug-likeness (QED) is 0.102. The zero-order valence-electron chi connectivity index (χ0n) is 40.4. The number of aromatic amines is 2. The molecule has 0 bridgehead atoms. The van der Waals surface area contributed by atoms with Crippen molar-refractivity contribution in [1.29, 1.82) is 0 Å². The van der Waals surface area contributed by atoms with Crippen molar-refractivity contribution >= 4 is 41.2 Å². The van der Waals surface area contributed by atoms with Crippen LogP contribution in [0.2, 0.25) is 0 Å². The minimum atomic E-state index is -0.809. The van der Waals surface area contributed by atoms with Gasteiger partial charge in [-0.05, 0) is 98.1 Å². The lowest BCUT2D eigenvalue weighted by atomic mass is 9.83. The van der Waals surface area contributed by atoms with Gasteiger partial charge in [-0.25, -0.2) is 19.4 Å². The highest BCUT2D eigenvalue weighted by atomic mass is 16.6. The number of aryl methyl sites for hydroxylation is 1. The van der Waals surface area contributed by atoms with Crippen molar-refractivity contribution in [2.24, 2.45) is 17.8 Å². The maximum Gasteiger partial charge on any atom is 0.411 e. The molecule has 67 heavy (non-hydrogen) atoms. The predicted octanol–water partition coefficient (Wildman–Crippen LogP) is 8.68. The van der Waals surface area contributed by atoms with Gasteiger partial charge < -0.3 is 44.6 Å². The molecule has 1 aromatic carbocycles. The summed E-state index contributed by atoms with van der Waals surface area (Å²) in [5.74, 6) is 0.0906. The third kappa shape index (κ3) is 10.9. The van der Waals surface area contributed by atoms with Crippen LogP contribution < -0.4 is 10.6 Å². The van der Waals surface area contributed by atoms with Crippen LogP contribution in [0, 0.1) is 17.8 Å². The molecule has 1 unspecified atom stereocenters. The molecule has 4 heterocycles.